The predicted molar refractivity (Wildman–Crippen MR) is 126 cm³/mol. The third kappa shape index (κ3) is 4.93. The van der Waals surface area contributed by atoms with Crippen LogP contribution in [0.1, 0.15) is 35.6 Å². The first-order valence-electron chi connectivity index (χ1n) is 11.4. The van der Waals surface area contributed by atoms with Gasteiger partial charge < -0.3 is 14.0 Å². The van der Waals surface area contributed by atoms with E-state index in [-0.39, 0.29) is 22.8 Å². The molecule has 180 valence electrons. The number of rotatable bonds is 6. The Labute approximate surface area is 196 Å². The number of carbonyl (C=O) groups excluding carboxylic acids is 1. The summed E-state index contributed by atoms with van der Waals surface area (Å²) < 4.78 is 40.6. The molecule has 2 atom stereocenters. The fourth-order valence-corrected chi connectivity index (χ4v) is 6.07. The molecule has 0 radical (unpaired) electrons. The first kappa shape index (κ1) is 24.1. The maximum absolute atomic E-state index is 13.2. The summed E-state index contributed by atoms with van der Waals surface area (Å²) in [7, 11) is -3.60. The summed E-state index contributed by atoms with van der Waals surface area (Å²) in [5.74, 6) is 0.0624. The minimum absolute atomic E-state index is 0.0624. The summed E-state index contributed by atoms with van der Waals surface area (Å²) in [5.41, 5.74) is 3.10. The van der Waals surface area contributed by atoms with Crippen LogP contribution >= 0.6 is 0 Å². The van der Waals surface area contributed by atoms with Gasteiger partial charge in [-0.3, -0.25) is 9.69 Å². The van der Waals surface area contributed by atoms with E-state index < -0.39 is 10.0 Å². The summed E-state index contributed by atoms with van der Waals surface area (Å²) >= 11 is 0. The van der Waals surface area contributed by atoms with Gasteiger partial charge in [0.1, 0.15) is 0 Å². The van der Waals surface area contributed by atoms with Crippen LogP contribution in [0.5, 0.6) is 0 Å². The minimum atomic E-state index is -3.60. The van der Waals surface area contributed by atoms with Crippen molar-refractivity contribution in [3.8, 4) is 5.69 Å². The second-order valence-electron chi connectivity index (χ2n) is 8.98. The van der Waals surface area contributed by atoms with Crippen molar-refractivity contribution in [2.75, 3.05) is 46.0 Å². The highest BCUT2D eigenvalue weighted by molar-refractivity contribution is 7.89. The van der Waals surface area contributed by atoms with Gasteiger partial charge in [-0.05, 0) is 52.0 Å². The predicted octanol–water partition coefficient (Wildman–Crippen LogP) is 2.41. The van der Waals surface area contributed by atoms with Crippen LogP contribution in [0.25, 0.3) is 5.69 Å². The van der Waals surface area contributed by atoms with E-state index in [0.717, 1.165) is 23.6 Å². The van der Waals surface area contributed by atoms with Crippen LogP contribution in [0.2, 0.25) is 0 Å². The van der Waals surface area contributed by atoms with Crippen molar-refractivity contribution in [2.45, 2.75) is 44.7 Å². The lowest BCUT2D eigenvalue weighted by Gasteiger charge is -2.36. The zero-order chi connectivity index (χ0) is 23.8. The Morgan fingerprint density at radius 3 is 2.58 bits per heavy atom. The van der Waals surface area contributed by atoms with Gasteiger partial charge in [0.25, 0.3) is 0 Å². The van der Waals surface area contributed by atoms with Crippen molar-refractivity contribution < 1.29 is 22.7 Å². The number of sulfonamides is 1. The third-order valence-corrected chi connectivity index (χ3v) is 8.39. The number of nitrogens with zero attached hydrogens (tertiary/aromatic N) is 3. The molecule has 1 aromatic heterocycles. The SMILES string of the molecule is Cc1cc(C(=O)CN2CC(C)OCC2C)c(C)n1-c1cccc(S(=O)(=O)N2CCOCC2)c1. The third-order valence-electron chi connectivity index (χ3n) is 6.50. The molecular formula is C24H33N3O5S. The summed E-state index contributed by atoms with van der Waals surface area (Å²) in [6.07, 6.45) is 0.109. The largest absolute Gasteiger partial charge is 0.379 e. The zero-order valence-corrected chi connectivity index (χ0v) is 20.6. The van der Waals surface area contributed by atoms with Crippen LogP contribution in [0.3, 0.4) is 0 Å². The van der Waals surface area contributed by atoms with E-state index >= 15 is 0 Å². The van der Waals surface area contributed by atoms with Crippen molar-refractivity contribution in [3.63, 3.8) is 0 Å². The number of Topliss-reactive ketones (excluding diaryl/α,β-unsaturated/α-hetero) is 1. The Morgan fingerprint density at radius 2 is 1.85 bits per heavy atom. The van der Waals surface area contributed by atoms with Crippen LogP contribution in [-0.2, 0) is 19.5 Å². The normalized spacial score (nSPS) is 23.0. The van der Waals surface area contributed by atoms with Crippen LogP contribution in [0.4, 0.5) is 0 Å². The molecule has 0 spiro atoms. The fraction of sp³-hybridized carbons (Fsp3) is 0.542. The van der Waals surface area contributed by atoms with Gasteiger partial charge in [-0.25, -0.2) is 8.42 Å². The van der Waals surface area contributed by atoms with Crippen molar-refractivity contribution in [1.82, 2.24) is 13.8 Å². The maximum atomic E-state index is 13.2. The van der Waals surface area contributed by atoms with Gasteiger partial charge in [0.05, 0.1) is 37.4 Å². The molecule has 1 aromatic carbocycles. The van der Waals surface area contributed by atoms with Crippen molar-refractivity contribution in [3.05, 3.63) is 47.3 Å². The molecule has 2 fully saturated rings. The number of hydrogen-bond donors (Lipinski definition) is 0. The number of morpholine rings is 2. The van der Waals surface area contributed by atoms with Crippen molar-refractivity contribution in [2.24, 2.45) is 0 Å². The van der Waals surface area contributed by atoms with Gasteiger partial charge in [0.15, 0.2) is 5.78 Å². The van der Waals surface area contributed by atoms with Crippen LogP contribution in [0.15, 0.2) is 35.2 Å². The van der Waals surface area contributed by atoms with Gasteiger partial charge >= 0.3 is 0 Å². The molecular weight excluding hydrogens is 442 g/mol. The molecule has 4 rings (SSSR count). The summed E-state index contributed by atoms with van der Waals surface area (Å²) in [5, 5.41) is 0. The first-order chi connectivity index (χ1) is 15.7. The Kier molecular flexibility index (Phi) is 7.07. The van der Waals surface area contributed by atoms with E-state index in [4.69, 9.17) is 9.47 Å². The van der Waals surface area contributed by atoms with Crippen LogP contribution in [-0.4, -0.2) is 86.1 Å². The Morgan fingerprint density at radius 1 is 1.12 bits per heavy atom. The highest BCUT2D eigenvalue weighted by Gasteiger charge is 2.28. The number of benzene rings is 1. The first-order valence-corrected chi connectivity index (χ1v) is 12.9. The lowest BCUT2D eigenvalue weighted by atomic mass is 10.1. The van der Waals surface area contributed by atoms with E-state index in [2.05, 4.69) is 11.8 Å². The molecule has 0 aliphatic carbocycles. The van der Waals surface area contributed by atoms with E-state index in [9.17, 15) is 13.2 Å². The smallest absolute Gasteiger partial charge is 0.243 e. The fourth-order valence-electron chi connectivity index (χ4n) is 4.62. The summed E-state index contributed by atoms with van der Waals surface area (Å²) in [6, 6.07) is 9.02. The second kappa shape index (κ2) is 9.68. The van der Waals surface area contributed by atoms with Gasteiger partial charge in [0, 0.05) is 48.3 Å². The maximum Gasteiger partial charge on any atom is 0.243 e. The Bertz CT molecular complexity index is 1120. The van der Waals surface area contributed by atoms with E-state index in [1.165, 1.54) is 4.31 Å². The van der Waals surface area contributed by atoms with Crippen molar-refractivity contribution in [1.29, 1.82) is 0 Å². The van der Waals surface area contributed by atoms with Gasteiger partial charge in [0.2, 0.25) is 10.0 Å². The van der Waals surface area contributed by atoms with Crippen molar-refractivity contribution >= 4 is 15.8 Å². The molecule has 2 aliphatic heterocycles. The quantitative estimate of drug-likeness (QED) is 0.597. The number of ketones is 1. The lowest BCUT2D eigenvalue weighted by molar-refractivity contribution is -0.0460. The standard InChI is InChI=1S/C24H33N3O5S/c1-17-12-23(24(28)15-25-14-19(3)32-16-18(25)2)20(4)27(17)21-6-5-7-22(13-21)33(29,30)26-8-10-31-11-9-26/h5-7,12-13,18-19H,8-11,14-16H2,1-4H3. The number of ether oxygens (including phenoxy) is 2. The minimum Gasteiger partial charge on any atom is -0.379 e. The van der Waals surface area contributed by atoms with E-state index in [1.807, 2.05) is 37.5 Å². The lowest BCUT2D eigenvalue weighted by Crippen LogP contribution is -2.49. The number of carbonyl (C=O) groups is 1. The second-order valence-corrected chi connectivity index (χ2v) is 10.9. The van der Waals surface area contributed by atoms with Gasteiger partial charge in [-0.2, -0.15) is 4.31 Å². The molecule has 0 amide bonds. The molecule has 2 unspecified atom stereocenters. The van der Waals surface area contributed by atoms with E-state index in [1.54, 1.807) is 18.2 Å². The molecule has 0 bridgehead atoms. The molecule has 2 aromatic rings. The molecule has 8 nitrogen and oxygen atoms in total. The highest BCUT2D eigenvalue weighted by atomic mass is 32.2. The van der Waals surface area contributed by atoms with Gasteiger partial charge in [-0.1, -0.05) is 6.07 Å². The highest BCUT2D eigenvalue weighted by Crippen LogP contribution is 2.25. The van der Waals surface area contributed by atoms with Crippen LogP contribution in [0, 0.1) is 13.8 Å². The zero-order valence-electron chi connectivity index (χ0n) is 19.8. The molecule has 3 heterocycles. The molecule has 33 heavy (non-hydrogen) atoms. The molecule has 2 saturated heterocycles. The molecule has 9 heteroatoms. The molecule has 0 saturated carbocycles. The topological polar surface area (TPSA) is 81.1 Å². The average molecular weight is 476 g/mol. The van der Waals surface area contributed by atoms with Crippen LogP contribution < -0.4 is 0 Å². The monoisotopic (exact) mass is 475 g/mol. The number of aryl methyl sites for hydroxylation is 1. The summed E-state index contributed by atoms with van der Waals surface area (Å²) in [6.45, 7) is 11.1. The molecule has 0 N–H and O–H groups in total. The Hall–Kier alpha value is -2.04. The van der Waals surface area contributed by atoms with Gasteiger partial charge in [-0.15, -0.1) is 0 Å². The molecule has 2 aliphatic rings. The number of aromatic nitrogens is 1. The summed E-state index contributed by atoms with van der Waals surface area (Å²) in [4.78, 5) is 15.6. The average Bonchev–Trinajstić information content (AvgIpc) is 3.11. The number of hydrogen-bond acceptors (Lipinski definition) is 6. The Balaban J connectivity index is 1.60. The van der Waals surface area contributed by atoms with E-state index in [0.29, 0.717) is 45.0 Å².